The molecular formula is C11H14O4. The summed E-state index contributed by atoms with van der Waals surface area (Å²) in [5, 5.41) is 9.23. The predicted molar refractivity (Wildman–Crippen MR) is 54.5 cm³/mol. The zero-order valence-corrected chi connectivity index (χ0v) is 8.82. The van der Waals surface area contributed by atoms with E-state index in [-0.39, 0.29) is 12.2 Å². The summed E-state index contributed by atoms with van der Waals surface area (Å²) in [4.78, 5) is 20.3. The van der Waals surface area contributed by atoms with Crippen LogP contribution >= 0.6 is 0 Å². The van der Waals surface area contributed by atoms with Crippen LogP contribution in [0.3, 0.4) is 0 Å². The Labute approximate surface area is 88.4 Å². The molecule has 0 atom stereocenters. The van der Waals surface area contributed by atoms with E-state index in [9.17, 15) is 9.90 Å². The summed E-state index contributed by atoms with van der Waals surface area (Å²) in [6, 6.07) is 4.63. The van der Waals surface area contributed by atoms with Gasteiger partial charge in [0.05, 0.1) is 0 Å². The molecule has 0 fully saturated rings. The quantitative estimate of drug-likeness (QED) is 0.611. The highest BCUT2D eigenvalue weighted by Gasteiger charge is 2.07. The van der Waals surface area contributed by atoms with Crippen molar-refractivity contribution in [3.63, 3.8) is 0 Å². The lowest BCUT2D eigenvalue weighted by atomic mass is 10.1. The first-order valence-corrected chi connectivity index (χ1v) is 4.86. The molecule has 0 saturated heterocycles. The maximum atomic E-state index is 10.9. The molecule has 0 bridgehead atoms. The Kier molecular flexibility index (Phi) is 3.97. The Balaban J connectivity index is 2.72. The number of aromatic hydroxyl groups is 1. The molecular weight excluding hydrogens is 196 g/mol. The van der Waals surface area contributed by atoms with Crippen LogP contribution in [0.5, 0.6) is 11.5 Å². The van der Waals surface area contributed by atoms with Gasteiger partial charge in [-0.1, -0.05) is 13.8 Å². The van der Waals surface area contributed by atoms with Crippen molar-refractivity contribution in [2.24, 2.45) is 0 Å². The molecule has 1 rings (SSSR count). The van der Waals surface area contributed by atoms with Gasteiger partial charge in [0.1, 0.15) is 5.75 Å². The smallest absolute Gasteiger partial charge is 0.355 e. The highest BCUT2D eigenvalue weighted by atomic mass is 17.2. The first-order chi connectivity index (χ1) is 7.17. The van der Waals surface area contributed by atoms with Crippen molar-refractivity contribution in [3.8, 4) is 11.5 Å². The number of hydrogen-bond acceptors (Lipinski definition) is 4. The topological polar surface area (TPSA) is 55.8 Å². The Morgan fingerprint density at radius 2 is 2.13 bits per heavy atom. The maximum Gasteiger partial charge on any atom is 0.355 e. The summed E-state index contributed by atoms with van der Waals surface area (Å²) >= 11 is 0. The molecule has 0 aliphatic carbocycles. The van der Waals surface area contributed by atoms with Gasteiger partial charge in [0, 0.05) is 12.0 Å². The molecule has 0 radical (unpaired) electrons. The third-order valence-electron chi connectivity index (χ3n) is 1.94. The number of carbonyl (C=O) groups excluding carboxylic acids is 1. The van der Waals surface area contributed by atoms with Crippen LogP contribution in [0.2, 0.25) is 0 Å². The lowest BCUT2D eigenvalue weighted by Gasteiger charge is -2.07. The number of hydrogen-bond donors (Lipinski definition) is 1. The second-order valence-electron chi connectivity index (χ2n) is 3.04. The number of phenolic OH excluding ortho intramolecular Hbond substituents is 1. The molecule has 15 heavy (non-hydrogen) atoms. The van der Waals surface area contributed by atoms with E-state index in [0.29, 0.717) is 12.2 Å². The van der Waals surface area contributed by atoms with Crippen LogP contribution in [0.4, 0.5) is 0 Å². The van der Waals surface area contributed by atoms with Crippen LogP contribution in [0.1, 0.15) is 25.8 Å². The van der Waals surface area contributed by atoms with Crippen molar-refractivity contribution in [2.75, 3.05) is 0 Å². The van der Waals surface area contributed by atoms with Crippen molar-refractivity contribution in [1.82, 2.24) is 0 Å². The van der Waals surface area contributed by atoms with Crippen molar-refractivity contribution in [2.45, 2.75) is 26.7 Å². The molecule has 82 valence electrons. The van der Waals surface area contributed by atoms with Gasteiger partial charge in [0.25, 0.3) is 0 Å². The van der Waals surface area contributed by atoms with E-state index in [4.69, 9.17) is 4.89 Å². The molecule has 0 aliphatic rings. The van der Waals surface area contributed by atoms with Gasteiger partial charge in [0.2, 0.25) is 0 Å². The lowest BCUT2D eigenvalue weighted by molar-refractivity contribution is -0.213. The molecule has 1 aromatic carbocycles. The van der Waals surface area contributed by atoms with Crippen LogP contribution in [-0.2, 0) is 16.1 Å². The second kappa shape index (κ2) is 5.24. The van der Waals surface area contributed by atoms with E-state index < -0.39 is 5.97 Å². The number of aryl methyl sites for hydroxylation is 1. The molecule has 0 aliphatic heterocycles. The molecule has 0 saturated carbocycles. The monoisotopic (exact) mass is 210 g/mol. The average Bonchev–Trinajstić information content (AvgIpc) is 2.26. The third kappa shape index (κ3) is 3.16. The normalized spacial score (nSPS) is 9.73. The van der Waals surface area contributed by atoms with Crippen molar-refractivity contribution in [3.05, 3.63) is 23.8 Å². The zero-order chi connectivity index (χ0) is 11.3. The predicted octanol–water partition coefficient (Wildman–Crippen LogP) is 2.20. The Morgan fingerprint density at radius 1 is 1.40 bits per heavy atom. The first-order valence-electron chi connectivity index (χ1n) is 4.86. The molecule has 0 spiro atoms. The fourth-order valence-corrected chi connectivity index (χ4v) is 1.07. The zero-order valence-electron chi connectivity index (χ0n) is 8.82. The number of phenols is 1. The molecule has 1 N–H and O–H groups in total. The summed E-state index contributed by atoms with van der Waals surface area (Å²) in [6.45, 7) is 3.60. The molecule has 4 heteroatoms. The SMILES string of the molecule is CCC(=O)OOc1ccc(O)cc1CC. The summed E-state index contributed by atoms with van der Waals surface area (Å²) in [7, 11) is 0. The molecule has 4 nitrogen and oxygen atoms in total. The highest BCUT2D eigenvalue weighted by Crippen LogP contribution is 2.24. The third-order valence-corrected chi connectivity index (χ3v) is 1.94. The standard InChI is InChI=1S/C11H14O4/c1-3-8-7-9(12)5-6-10(8)14-15-11(13)4-2/h5-7,12H,3-4H2,1-2H3. The molecule has 0 unspecified atom stereocenters. The van der Waals surface area contributed by atoms with E-state index >= 15 is 0 Å². The number of benzene rings is 1. The van der Waals surface area contributed by atoms with Gasteiger partial charge in [-0.2, -0.15) is 0 Å². The average molecular weight is 210 g/mol. The van der Waals surface area contributed by atoms with E-state index in [1.165, 1.54) is 6.07 Å². The minimum atomic E-state index is -0.426. The summed E-state index contributed by atoms with van der Waals surface area (Å²) in [6.07, 6.45) is 0.951. The van der Waals surface area contributed by atoms with Crippen molar-refractivity contribution >= 4 is 5.97 Å². The second-order valence-corrected chi connectivity index (χ2v) is 3.04. The van der Waals surface area contributed by atoms with E-state index in [0.717, 1.165) is 5.56 Å². The largest absolute Gasteiger partial charge is 0.508 e. The van der Waals surface area contributed by atoms with Gasteiger partial charge in [-0.05, 0) is 24.6 Å². The van der Waals surface area contributed by atoms with E-state index in [1.54, 1.807) is 19.1 Å². The summed E-state index contributed by atoms with van der Waals surface area (Å²) in [5.41, 5.74) is 0.791. The van der Waals surface area contributed by atoms with Crippen LogP contribution < -0.4 is 4.89 Å². The van der Waals surface area contributed by atoms with Crippen LogP contribution in [0, 0.1) is 0 Å². The minimum absolute atomic E-state index is 0.168. The molecule has 1 aromatic rings. The highest BCUT2D eigenvalue weighted by molar-refractivity contribution is 5.68. The molecule has 0 heterocycles. The van der Waals surface area contributed by atoms with Gasteiger partial charge >= 0.3 is 5.97 Å². The maximum absolute atomic E-state index is 10.9. The van der Waals surface area contributed by atoms with Crippen molar-refractivity contribution < 1.29 is 19.7 Å². The van der Waals surface area contributed by atoms with Gasteiger partial charge in [-0.25, -0.2) is 4.79 Å². The minimum Gasteiger partial charge on any atom is -0.508 e. The molecule has 0 amide bonds. The number of carbonyl (C=O) groups is 1. The van der Waals surface area contributed by atoms with Gasteiger partial charge in [0.15, 0.2) is 5.75 Å². The Hall–Kier alpha value is -1.71. The Bertz CT molecular complexity index is 346. The van der Waals surface area contributed by atoms with Gasteiger partial charge in [-0.15, -0.1) is 0 Å². The van der Waals surface area contributed by atoms with Crippen LogP contribution in [-0.4, -0.2) is 11.1 Å². The van der Waals surface area contributed by atoms with E-state index in [2.05, 4.69) is 4.89 Å². The van der Waals surface area contributed by atoms with Gasteiger partial charge < -0.3 is 5.11 Å². The summed E-state index contributed by atoms with van der Waals surface area (Å²) in [5.74, 6) is 0.197. The van der Waals surface area contributed by atoms with Gasteiger partial charge in [-0.3, -0.25) is 9.78 Å². The fourth-order valence-electron chi connectivity index (χ4n) is 1.07. The summed E-state index contributed by atoms with van der Waals surface area (Å²) < 4.78 is 0. The van der Waals surface area contributed by atoms with Crippen LogP contribution in [0.25, 0.3) is 0 Å². The first kappa shape index (κ1) is 11.4. The Morgan fingerprint density at radius 3 is 2.73 bits per heavy atom. The van der Waals surface area contributed by atoms with Crippen molar-refractivity contribution in [1.29, 1.82) is 0 Å². The van der Waals surface area contributed by atoms with Crippen LogP contribution in [0.15, 0.2) is 18.2 Å². The number of rotatable bonds is 4. The van der Waals surface area contributed by atoms with E-state index in [1.807, 2.05) is 6.92 Å². The molecule has 0 aromatic heterocycles. The lowest BCUT2D eigenvalue weighted by Crippen LogP contribution is -2.07. The fraction of sp³-hybridized carbons (Fsp3) is 0.364.